The van der Waals surface area contributed by atoms with Crippen molar-refractivity contribution in [2.75, 3.05) is 13.2 Å². The number of carbonyl (C=O) groups is 1. The Hall–Kier alpha value is -3.28. The molecule has 3 aromatic rings. The largest absolute Gasteiger partial charge is 0.490 e. The van der Waals surface area contributed by atoms with Crippen LogP contribution in [0.3, 0.4) is 0 Å². The van der Waals surface area contributed by atoms with E-state index in [0.29, 0.717) is 58.8 Å². The van der Waals surface area contributed by atoms with Crippen LogP contribution in [-0.4, -0.2) is 19.2 Å². The summed E-state index contributed by atoms with van der Waals surface area (Å²) >= 11 is 0. The smallest absolute Gasteiger partial charge is 0.343 e. The predicted molar refractivity (Wildman–Crippen MR) is 170 cm³/mol. The minimum Gasteiger partial charge on any atom is -0.490 e. The third kappa shape index (κ3) is 11.5. The number of hydrogen-bond acceptors (Lipinski definition) is 6. The first-order valence-electron chi connectivity index (χ1n) is 15.8. The second-order valence-electron chi connectivity index (χ2n) is 12.6. The first-order chi connectivity index (χ1) is 20.1. The summed E-state index contributed by atoms with van der Waals surface area (Å²) in [6.45, 7) is 14.8. The molecule has 230 valence electrons. The van der Waals surface area contributed by atoms with Crippen molar-refractivity contribution in [3.05, 3.63) is 64.5 Å². The van der Waals surface area contributed by atoms with Gasteiger partial charge in [0.05, 0.1) is 18.8 Å². The van der Waals surface area contributed by atoms with Crippen LogP contribution in [0, 0.1) is 23.7 Å². The van der Waals surface area contributed by atoms with Crippen molar-refractivity contribution >= 4 is 16.9 Å². The molecule has 3 rings (SSSR count). The Bertz CT molecular complexity index is 1310. The fourth-order valence-corrected chi connectivity index (χ4v) is 4.92. The van der Waals surface area contributed by atoms with Gasteiger partial charge in [-0.1, -0.05) is 80.1 Å². The third-order valence-electron chi connectivity index (χ3n) is 7.67. The number of ether oxygens (including phenoxy) is 3. The lowest BCUT2D eigenvalue weighted by atomic mass is 9.97. The number of fused-ring (bicyclic) bond motifs is 1. The van der Waals surface area contributed by atoms with Crippen LogP contribution in [-0.2, 0) is 0 Å². The second kappa shape index (κ2) is 17.0. The van der Waals surface area contributed by atoms with E-state index in [1.807, 2.05) is 0 Å². The van der Waals surface area contributed by atoms with Crippen LogP contribution in [0.4, 0.5) is 0 Å². The Morgan fingerprint density at radius 2 is 1.31 bits per heavy atom. The van der Waals surface area contributed by atoms with E-state index in [1.165, 1.54) is 44.6 Å². The fraction of sp³-hybridized carbons (Fsp3) is 0.556. The second-order valence-corrected chi connectivity index (χ2v) is 12.6. The summed E-state index contributed by atoms with van der Waals surface area (Å²) < 4.78 is 23.2. The Morgan fingerprint density at radius 1 is 0.690 bits per heavy atom. The lowest BCUT2D eigenvalue weighted by Gasteiger charge is -2.17. The molecule has 0 unspecified atom stereocenters. The van der Waals surface area contributed by atoms with Gasteiger partial charge in [-0.3, -0.25) is 0 Å². The van der Waals surface area contributed by atoms with Gasteiger partial charge in [-0.25, -0.2) is 9.59 Å². The Balaban J connectivity index is 1.65. The van der Waals surface area contributed by atoms with E-state index in [9.17, 15) is 9.59 Å². The highest BCUT2D eigenvalue weighted by Gasteiger charge is 2.16. The molecule has 0 spiro atoms. The maximum atomic E-state index is 13.1. The summed E-state index contributed by atoms with van der Waals surface area (Å²) in [6, 6.07) is 13.1. The van der Waals surface area contributed by atoms with Crippen molar-refractivity contribution in [3.8, 4) is 17.2 Å². The number of benzene rings is 2. The highest BCUT2D eigenvalue weighted by Crippen LogP contribution is 2.31. The van der Waals surface area contributed by atoms with Gasteiger partial charge in [0.25, 0.3) is 0 Å². The van der Waals surface area contributed by atoms with Crippen LogP contribution in [0.25, 0.3) is 11.0 Å². The van der Waals surface area contributed by atoms with E-state index in [4.69, 9.17) is 18.6 Å². The topological polar surface area (TPSA) is 75.0 Å². The monoisotopic (exact) mass is 578 g/mol. The van der Waals surface area contributed by atoms with Crippen molar-refractivity contribution in [2.24, 2.45) is 23.7 Å². The lowest BCUT2D eigenvalue weighted by molar-refractivity contribution is 0.0734. The first-order valence-corrected chi connectivity index (χ1v) is 15.8. The first kappa shape index (κ1) is 33.2. The maximum absolute atomic E-state index is 13.1. The molecule has 0 amide bonds. The van der Waals surface area contributed by atoms with Crippen molar-refractivity contribution in [1.29, 1.82) is 0 Å². The van der Waals surface area contributed by atoms with Gasteiger partial charge in [-0.2, -0.15) is 0 Å². The normalized spacial score (nSPS) is 13.0. The summed E-state index contributed by atoms with van der Waals surface area (Å²) in [5, 5.41) is 0.675. The minimum atomic E-state index is -0.496. The van der Waals surface area contributed by atoms with E-state index in [0.717, 1.165) is 24.7 Å². The SMILES string of the molecule is CC(C)CCC[C@H](C)CCOc1ccc(C(=O)Oc2ccc3oc(=O)ccc3c2)cc1OCC[C@@H](C)CCCC(C)C. The summed E-state index contributed by atoms with van der Waals surface area (Å²) in [4.78, 5) is 24.5. The molecule has 2 atom stereocenters. The van der Waals surface area contributed by atoms with Crippen molar-refractivity contribution in [3.63, 3.8) is 0 Å². The standard InChI is InChI=1S/C36H50O6/c1-25(2)9-7-11-27(5)19-21-39-33-16-13-30(24-34(33)40-22-20-28(6)12-8-10-26(3)4)36(38)41-31-15-17-32-29(23-31)14-18-35(37)42-32/h13-18,23-28H,7-12,19-22H2,1-6H3/t27-,28-/m0/s1. The molecular weight excluding hydrogens is 528 g/mol. The van der Waals surface area contributed by atoms with Crippen LogP contribution >= 0.6 is 0 Å². The van der Waals surface area contributed by atoms with Gasteiger partial charge in [-0.15, -0.1) is 0 Å². The zero-order chi connectivity index (χ0) is 30.5. The van der Waals surface area contributed by atoms with Crippen molar-refractivity contribution in [1.82, 2.24) is 0 Å². The fourth-order valence-electron chi connectivity index (χ4n) is 4.92. The molecule has 0 radical (unpaired) electrons. The summed E-state index contributed by atoms with van der Waals surface area (Å²) in [7, 11) is 0. The molecule has 1 heterocycles. The van der Waals surface area contributed by atoms with Gasteiger partial charge < -0.3 is 18.6 Å². The minimum absolute atomic E-state index is 0.367. The molecule has 0 bridgehead atoms. The van der Waals surface area contributed by atoms with E-state index >= 15 is 0 Å². The molecule has 6 heteroatoms. The summed E-state index contributed by atoms with van der Waals surface area (Å²) in [5.74, 6) is 3.69. The van der Waals surface area contributed by atoms with Gasteiger partial charge in [0.1, 0.15) is 11.3 Å². The van der Waals surface area contributed by atoms with Crippen LogP contribution in [0.15, 0.2) is 57.7 Å². The molecular formula is C36H50O6. The molecule has 0 aliphatic heterocycles. The predicted octanol–water partition coefficient (Wildman–Crippen LogP) is 9.47. The van der Waals surface area contributed by atoms with Gasteiger partial charge in [0, 0.05) is 11.5 Å². The van der Waals surface area contributed by atoms with Crippen LogP contribution in [0.5, 0.6) is 17.2 Å². The van der Waals surface area contributed by atoms with E-state index < -0.39 is 11.6 Å². The van der Waals surface area contributed by atoms with Gasteiger partial charge in [-0.05, 0) is 79.0 Å². The summed E-state index contributed by atoms with van der Waals surface area (Å²) in [5.41, 5.74) is 0.392. The van der Waals surface area contributed by atoms with Crippen molar-refractivity contribution < 1.29 is 23.4 Å². The Labute approximate surface area is 251 Å². The van der Waals surface area contributed by atoms with E-state index in [-0.39, 0.29) is 0 Å². The number of esters is 1. The molecule has 2 aromatic carbocycles. The average Bonchev–Trinajstić information content (AvgIpc) is 2.93. The van der Waals surface area contributed by atoms with Gasteiger partial charge in [0.15, 0.2) is 11.5 Å². The number of carbonyl (C=O) groups excluding carboxylic acids is 1. The van der Waals surface area contributed by atoms with Crippen LogP contribution < -0.4 is 19.8 Å². The number of rotatable bonds is 18. The quantitative estimate of drug-likeness (QED) is 0.0850. The molecule has 42 heavy (non-hydrogen) atoms. The molecule has 0 aliphatic rings. The van der Waals surface area contributed by atoms with Crippen LogP contribution in [0.1, 0.15) is 103 Å². The molecule has 6 nitrogen and oxygen atoms in total. The average molecular weight is 579 g/mol. The molecule has 0 fully saturated rings. The molecule has 0 aliphatic carbocycles. The Morgan fingerprint density at radius 3 is 1.93 bits per heavy atom. The number of hydrogen-bond donors (Lipinski definition) is 0. The van der Waals surface area contributed by atoms with Crippen molar-refractivity contribution in [2.45, 2.75) is 92.9 Å². The highest BCUT2D eigenvalue weighted by atomic mass is 16.5. The maximum Gasteiger partial charge on any atom is 0.343 e. The Kier molecular flexibility index (Phi) is 13.4. The third-order valence-corrected chi connectivity index (χ3v) is 7.67. The van der Waals surface area contributed by atoms with Gasteiger partial charge >= 0.3 is 11.6 Å². The van der Waals surface area contributed by atoms with E-state index in [1.54, 1.807) is 42.5 Å². The van der Waals surface area contributed by atoms with Gasteiger partial charge in [0.2, 0.25) is 0 Å². The zero-order valence-electron chi connectivity index (χ0n) is 26.4. The van der Waals surface area contributed by atoms with E-state index in [2.05, 4.69) is 41.5 Å². The lowest BCUT2D eigenvalue weighted by Crippen LogP contribution is -2.11. The molecule has 1 aromatic heterocycles. The molecule has 0 saturated heterocycles. The summed E-state index contributed by atoms with van der Waals surface area (Å²) in [6.07, 6.45) is 9.26. The zero-order valence-corrected chi connectivity index (χ0v) is 26.4. The van der Waals surface area contributed by atoms with Crippen LogP contribution in [0.2, 0.25) is 0 Å². The molecule has 0 saturated carbocycles. The highest BCUT2D eigenvalue weighted by molar-refractivity contribution is 5.92. The molecule has 0 N–H and O–H groups in total.